The fourth-order valence-corrected chi connectivity index (χ4v) is 2.58. The Balaban J connectivity index is 2.19. The molecule has 2 aliphatic rings. The summed E-state index contributed by atoms with van der Waals surface area (Å²) in [5.74, 6) is 0. The molecular weight excluding hydrogens is 176 g/mol. The highest BCUT2D eigenvalue weighted by Gasteiger charge is 2.46. The second-order valence-corrected chi connectivity index (χ2v) is 5.55. The largest absolute Gasteiger partial charge is 0.321 e. The third-order valence-corrected chi connectivity index (χ3v) is 3.44. The summed E-state index contributed by atoms with van der Waals surface area (Å²) < 4.78 is 0. The van der Waals surface area contributed by atoms with Crippen LogP contribution in [0.1, 0.15) is 40.5 Å². The van der Waals surface area contributed by atoms with Crippen LogP contribution >= 0.6 is 0 Å². The van der Waals surface area contributed by atoms with Crippen LogP contribution in [0.25, 0.3) is 0 Å². The third-order valence-electron chi connectivity index (χ3n) is 3.44. The molecule has 0 radical (unpaired) electrons. The van der Waals surface area contributed by atoms with E-state index in [-0.39, 0.29) is 11.6 Å². The van der Waals surface area contributed by atoms with E-state index in [0.29, 0.717) is 12.1 Å². The molecule has 0 aromatic rings. The van der Waals surface area contributed by atoms with Gasteiger partial charge in [-0.15, -0.1) is 0 Å². The average Bonchev–Trinajstić information content (AvgIpc) is 2.53. The predicted molar refractivity (Wildman–Crippen MR) is 56.2 cm³/mol. The fourth-order valence-electron chi connectivity index (χ4n) is 2.58. The normalized spacial score (nSPS) is 32.7. The number of fused-ring (bicyclic) bond motifs is 1. The summed E-state index contributed by atoms with van der Waals surface area (Å²) in [6.45, 7) is 9.41. The van der Waals surface area contributed by atoms with Gasteiger partial charge in [0.2, 0.25) is 0 Å². The predicted octanol–water partition coefficient (Wildman–Crippen LogP) is 2.07. The molecule has 2 heterocycles. The Morgan fingerprint density at radius 2 is 1.93 bits per heavy atom. The lowest BCUT2D eigenvalue weighted by molar-refractivity contribution is 0.150. The molecule has 2 rings (SSSR count). The molecule has 3 heteroatoms. The first-order valence-corrected chi connectivity index (χ1v) is 5.51. The highest BCUT2D eigenvalue weighted by molar-refractivity contribution is 5.78. The summed E-state index contributed by atoms with van der Waals surface area (Å²) in [5.41, 5.74) is -0.0266. The lowest BCUT2D eigenvalue weighted by Gasteiger charge is -2.32. The van der Waals surface area contributed by atoms with Crippen LogP contribution in [0, 0.1) is 0 Å². The van der Waals surface area contributed by atoms with E-state index in [9.17, 15) is 4.79 Å². The molecule has 0 spiro atoms. The van der Waals surface area contributed by atoms with Gasteiger partial charge >= 0.3 is 6.03 Å². The fraction of sp³-hybridized carbons (Fsp3) is 0.909. The molecule has 3 nitrogen and oxygen atoms in total. The summed E-state index contributed by atoms with van der Waals surface area (Å²) in [6.07, 6.45) is 2.36. The first-order valence-electron chi connectivity index (χ1n) is 5.51. The van der Waals surface area contributed by atoms with E-state index < -0.39 is 0 Å². The number of carbonyl (C=O) groups is 1. The van der Waals surface area contributed by atoms with Crippen LogP contribution in [-0.2, 0) is 0 Å². The van der Waals surface area contributed by atoms with Crippen molar-refractivity contribution in [1.29, 1.82) is 0 Å². The van der Waals surface area contributed by atoms with Gasteiger partial charge in [0.25, 0.3) is 0 Å². The molecule has 2 saturated heterocycles. The van der Waals surface area contributed by atoms with Crippen LogP contribution in [0.5, 0.6) is 0 Å². The summed E-state index contributed by atoms with van der Waals surface area (Å²) in [4.78, 5) is 16.2. The highest BCUT2D eigenvalue weighted by atomic mass is 16.2. The Kier molecular flexibility index (Phi) is 2.02. The number of nitrogens with zero attached hydrogens (tertiary/aromatic N) is 2. The van der Waals surface area contributed by atoms with Gasteiger partial charge in [-0.2, -0.15) is 0 Å². The molecule has 0 saturated carbocycles. The Bertz CT molecular complexity index is 257. The number of hydrogen-bond donors (Lipinski definition) is 0. The first-order chi connectivity index (χ1) is 6.41. The summed E-state index contributed by atoms with van der Waals surface area (Å²) in [6, 6.07) is 1.17. The van der Waals surface area contributed by atoms with Gasteiger partial charge in [-0.3, -0.25) is 0 Å². The van der Waals surface area contributed by atoms with Crippen LogP contribution in [-0.4, -0.2) is 40.0 Å². The zero-order chi connectivity index (χ0) is 10.5. The third kappa shape index (κ3) is 1.30. The Morgan fingerprint density at radius 3 is 2.43 bits per heavy atom. The van der Waals surface area contributed by atoms with E-state index in [1.54, 1.807) is 0 Å². The number of amides is 2. The first kappa shape index (κ1) is 9.81. The van der Waals surface area contributed by atoms with E-state index in [2.05, 4.69) is 32.6 Å². The molecule has 0 aliphatic carbocycles. The maximum Gasteiger partial charge on any atom is 0.321 e. The SMILES string of the molecule is C[C@H]1CC[C@H]2CN(C(C)(C)C)C(=O)N21. The zero-order valence-electron chi connectivity index (χ0n) is 9.58. The van der Waals surface area contributed by atoms with Gasteiger partial charge in [0.05, 0.1) is 6.04 Å². The molecule has 80 valence electrons. The van der Waals surface area contributed by atoms with Gasteiger partial charge in [0.15, 0.2) is 0 Å². The van der Waals surface area contributed by atoms with Crippen molar-refractivity contribution in [1.82, 2.24) is 9.80 Å². The van der Waals surface area contributed by atoms with E-state index in [1.165, 1.54) is 12.8 Å². The number of rotatable bonds is 0. The van der Waals surface area contributed by atoms with Crippen LogP contribution in [0.15, 0.2) is 0 Å². The van der Waals surface area contributed by atoms with Crippen LogP contribution in [0.4, 0.5) is 4.79 Å². The Morgan fingerprint density at radius 1 is 1.29 bits per heavy atom. The standard InChI is InChI=1S/C11H20N2O/c1-8-5-6-9-7-12(11(2,3)4)10(14)13(8)9/h8-9H,5-7H2,1-4H3/t8-,9-/m0/s1. The summed E-state index contributed by atoms with van der Waals surface area (Å²) >= 11 is 0. The van der Waals surface area contributed by atoms with Crippen molar-refractivity contribution in [3.8, 4) is 0 Å². The Hall–Kier alpha value is -0.730. The smallest absolute Gasteiger partial charge is 0.318 e. The minimum absolute atomic E-state index is 0.0266. The van der Waals surface area contributed by atoms with E-state index in [1.807, 2.05) is 4.90 Å². The van der Waals surface area contributed by atoms with Crippen molar-refractivity contribution < 1.29 is 4.79 Å². The van der Waals surface area contributed by atoms with Gasteiger partial charge < -0.3 is 9.80 Å². The minimum atomic E-state index is -0.0266. The minimum Gasteiger partial charge on any atom is -0.318 e. The lowest BCUT2D eigenvalue weighted by atomic mass is 10.1. The van der Waals surface area contributed by atoms with Gasteiger partial charge in [-0.1, -0.05) is 0 Å². The van der Waals surface area contributed by atoms with Crippen molar-refractivity contribution >= 4 is 6.03 Å². The van der Waals surface area contributed by atoms with Gasteiger partial charge in [-0.25, -0.2) is 4.79 Å². The Labute approximate surface area is 86.1 Å². The topological polar surface area (TPSA) is 23.6 Å². The quantitative estimate of drug-likeness (QED) is 0.582. The lowest BCUT2D eigenvalue weighted by Crippen LogP contribution is -2.45. The number of urea groups is 1. The molecule has 14 heavy (non-hydrogen) atoms. The van der Waals surface area contributed by atoms with Gasteiger partial charge in [0, 0.05) is 18.1 Å². The van der Waals surface area contributed by atoms with Crippen LogP contribution < -0.4 is 0 Å². The summed E-state index contributed by atoms with van der Waals surface area (Å²) in [7, 11) is 0. The maximum atomic E-state index is 12.1. The van der Waals surface area contributed by atoms with Crippen molar-refractivity contribution in [3.63, 3.8) is 0 Å². The maximum absolute atomic E-state index is 12.1. The average molecular weight is 196 g/mol. The molecular formula is C11H20N2O. The van der Waals surface area contributed by atoms with Crippen LogP contribution in [0.3, 0.4) is 0 Å². The molecule has 0 aromatic carbocycles. The van der Waals surface area contributed by atoms with Crippen molar-refractivity contribution in [2.75, 3.05) is 6.54 Å². The van der Waals surface area contributed by atoms with Crippen molar-refractivity contribution in [2.45, 2.75) is 58.2 Å². The molecule has 0 unspecified atom stereocenters. The molecule has 0 N–H and O–H groups in total. The summed E-state index contributed by atoms with van der Waals surface area (Å²) in [5, 5.41) is 0. The monoisotopic (exact) mass is 196 g/mol. The number of hydrogen-bond acceptors (Lipinski definition) is 1. The molecule has 0 aromatic heterocycles. The van der Waals surface area contributed by atoms with E-state index in [4.69, 9.17) is 0 Å². The number of carbonyl (C=O) groups excluding carboxylic acids is 1. The van der Waals surface area contributed by atoms with Crippen molar-refractivity contribution in [3.05, 3.63) is 0 Å². The van der Waals surface area contributed by atoms with E-state index >= 15 is 0 Å². The highest BCUT2D eigenvalue weighted by Crippen LogP contribution is 2.34. The zero-order valence-corrected chi connectivity index (χ0v) is 9.58. The van der Waals surface area contributed by atoms with Crippen LogP contribution in [0.2, 0.25) is 0 Å². The van der Waals surface area contributed by atoms with Crippen molar-refractivity contribution in [2.24, 2.45) is 0 Å². The second-order valence-electron chi connectivity index (χ2n) is 5.55. The van der Waals surface area contributed by atoms with E-state index in [0.717, 1.165) is 6.54 Å². The van der Waals surface area contributed by atoms with Gasteiger partial charge in [-0.05, 0) is 40.5 Å². The second kappa shape index (κ2) is 2.88. The van der Waals surface area contributed by atoms with Gasteiger partial charge in [0.1, 0.15) is 0 Å². The molecule has 2 aliphatic heterocycles. The molecule has 0 bridgehead atoms. The molecule has 2 amide bonds. The molecule has 2 fully saturated rings. The molecule has 2 atom stereocenters.